The third-order valence-electron chi connectivity index (χ3n) is 4.41. The number of carbonyl (C=O) groups excluding carboxylic acids is 1. The fourth-order valence-corrected chi connectivity index (χ4v) is 2.82. The van der Waals surface area contributed by atoms with E-state index in [4.69, 9.17) is 4.42 Å². The Kier molecular flexibility index (Phi) is 6.26. The van der Waals surface area contributed by atoms with Gasteiger partial charge in [-0.3, -0.25) is 9.79 Å². The highest BCUT2D eigenvalue weighted by Gasteiger charge is 2.10. The lowest BCUT2D eigenvalue weighted by Gasteiger charge is -2.11. The third-order valence-corrected chi connectivity index (χ3v) is 4.41. The van der Waals surface area contributed by atoms with Crippen molar-refractivity contribution in [1.29, 1.82) is 0 Å². The zero-order valence-electron chi connectivity index (χ0n) is 16.4. The summed E-state index contributed by atoms with van der Waals surface area (Å²) in [6, 6.07) is 11.7. The first kappa shape index (κ1) is 19.4. The molecule has 0 saturated carbocycles. The van der Waals surface area contributed by atoms with Crippen LogP contribution in [0, 0.1) is 13.8 Å². The number of aromatic nitrogens is 1. The number of furan rings is 1. The van der Waals surface area contributed by atoms with Gasteiger partial charge in [0.1, 0.15) is 17.2 Å². The molecule has 0 spiro atoms. The molecular formula is C21H25N5O2. The molecule has 0 aliphatic rings. The molecule has 1 aromatic carbocycles. The second-order valence-corrected chi connectivity index (χ2v) is 6.52. The van der Waals surface area contributed by atoms with Crippen molar-refractivity contribution in [2.24, 2.45) is 4.99 Å². The molecule has 0 saturated heterocycles. The number of amides is 1. The summed E-state index contributed by atoms with van der Waals surface area (Å²) in [6.07, 6.45) is 2.03. The predicted octanol–water partition coefficient (Wildman–Crippen LogP) is 3.14. The lowest BCUT2D eigenvalue weighted by atomic mass is 10.1. The number of hydrogen-bond acceptors (Lipinski definition) is 4. The number of benzene rings is 1. The second-order valence-electron chi connectivity index (χ2n) is 6.52. The van der Waals surface area contributed by atoms with E-state index < -0.39 is 0 Å². The van der Waals surface area contributed by atoms with Gasteiger partial charge in [-0.1, -0.05) is 24.3 Å². The van der Waals surface area contributed by atoms with Crippen LogP contribution in [0.25, 0.3) is 11.0 Å². The van der Waals surface area contributed by atoms with Crippen LogP contribution in [-0.4, -0.2) is 30.4 Å². The van der Waals surface area contributed by atoms with Crippen LogP contribution in [0.15, 0.2) is 52.0 Å². The smallest absolute Gasteiger partial charge is 0.227 e. The zero-order chi connectivity index (χ0) is 19.9. The van der Waals surface area contributed by atoms with E-state index >= 15 is 0 Å². The molecular weight excluding hydrogens is 354 g/mol. The molecule has 0 unspecified atom stereocenters. The molecule has 3 N–H and O–H groups in total. The Labute approximate surface area is 164 Å². The first-order chi connectivity index (χ1) is 13.6. The van der Waals surface area contributed by atoms with Crippen molar-refractivity contribution in [3.05, 3.63) is 59.5 Å². The van der Waals surface area contributed by atoms with E-state index in [0.29, 0.717) is 31.3 Å². The van der Waals surface area contributed by atoms with Gasteiger partial charge >= 0.3 is 0 Å². The summed E-state index contributed by atoms with van der Waals surface area (Å²) in [5.74, 6) is 1.93. The molecule has 0 atom stereocenters. The molecule has 0 bridgehead atoms. The summed E-state index contributed by atoms with van der Waals surface area (Å²) in [5.41, 5.74) is 3.04. The molecule has 146 valence electrons. The minimum Gasteiger partial charge on any atom is -0.459 e. The van der Waals surface area contributed by atoms with E-state index in [0.717, 1.165) is 27.9 Å². The fourth-order valence-electron chi connectivity index (χ4n) is 2.82. The number of hydrogen-bond donors (Lipinski definition) is 3. The van der Waals surface area contributed by atoms with Crippen LogP contribution in [0.2, 0.25) is 0 Å². The maximum Gasteiger partial charge on any atom is 0.227 e. The quantitative estimate of drug-likeness (QED) is 0.452. The molecule has 0 aliphatic heterocycles. The van der Waals surface area contributed by atoms with E-state index in [9.17, 15) is 4.79 Å². The lowest BCUT2D eigenvalue weighted by molar-refractivity contribution is -0.116. The Morgan fingerprint density at radius 1 is 1.14 bits per heavy atom. The first-order valence-electron chi connectivity index (χ1n) is 9.21. The number of nitrogens with zero attached hydrogens (tertiary/aromatic N) is 2. The summed E-state index contributed by atoms with van der Waals surface area (Å²) in [4.78, 5) is 20.4. The number of guanidine groups is 1. The average molecular weight is 379 g/mol. The fraction of sp³-hybridized carbons (Fsp3) is 0.286. The molecule has 7 heteroatoms. The second kappa shape index (κ2) is 9.03. The van der Waals surface area contributed by atoms with E-state index in [2.05, 4.69) is 25.9 Å². The van der Waals surface area contributed by atoms with Crippen LogP contribution in [0.1, 0.15) is 23.3 Å². The predicted molar refractivity (Wildman–Crippen MR) is 111 cm³/mol. The summed E-state index contributed by atoms with van der Waals surface area (Å²) in [5, 5.41) is 10.2. The number of aryl methyl sites for hydroxylation is 2. The Hall–Kier alpha value is -3.35. The van der Waals surface area contributed by atoms with Gasteiger partial charge in [0.05, 0.1) is 6.54 Å². The normalized spacial score (nSPS) is 11.5. The summed E-state index contributed by atoms with van der Waals surface area (Å²) < 4.78 is 5.89. The van der Waals surface area contributed by atoms with Crippen molar-refractivity contribution in [3.8, 4) is 0 Å². The Morgan fingerprint density at radius 2 is 1.96 bits per heavy atom. The van der Waals surface area contributed by atoms with E-state index in [-0.39, 0.29) is 5.91 Å². The maximum atomic E-state index is 12.0. The topological polar surface area (TPSA) is 91.5 Å². The molecule has 2 heterocycles. The van der Waals surface area contributed by atoms with Crippen LogP contribution in [0.3, 0.4) is 0 Å². The highest BCUT2D eigenvalue weighted by molar-refractivity contribution is 5.90. The Balaban J connectivity index is 1.46. The number of fused-ring (bicyclic) bond motifs is 1. The van der Waals surface area contributed by atoms with E-state index in [1.54, 1.807) is 19.3 Å². The summed E-state index contributed by atoms with van der Waals surface area (Å²) >= 11 is 0. The van der Waals surface area contributed by atoms with Crippen molar-refractivity contribution < 1.29 is 9.21 Å². The molecule has 0 aliphatic carbocycles. The van der Waals surface area contributed by atoms with Crippen LogP contribution >= 0.6 is 0 Å². The van der Waals surface area contributed by atoms with E-state index in [1.165, 1.54) is 0 Å². The van der Waals surface area contributed by atoms with Crippen LogP contribution in [0.5, 0.6) is 0 Å². The first-order valence-corrected chi connectivity index (χ1v) is 9.21. The molecule has 0 radical (unpaired) electrons. The molecule has 7 nitrogen and oxygen atoms in total. The Morgan fingerprint density at radius 3 is 2.68 bits per heavy atom. The monoisotopic (exact) mass is 379 g/mol. The molecule has 1 amide bonds. The van der Waals surface area contributed by atoms with Crippen LogP contribution < -0.4 is 16.0 Å². The standard InChI is InChI=1S/C21H25N5O2/c1-14-8-9-19(24-12-14)26-20(27)10-11-23-21(22-3)25-13-18-15(2)16-6-4-5-7-17(16)28-18/h4-9,12H,10-11,13H2,1-3H3,(H2,22,23,25)(H,24,26,27). The van der Waals surface area contributed by atoms with Crippen LogP contribution in [-0.2, 0) is 11.3 Å². The van der Waals surface area contributed by atoms with Gasteiger partial charge in [-0.2, -0.15) is 0 Å². The number of rotatable bonds is 6. The SMILES string of the molecule is CN=C(NCCC(=O)Nc1ccc(C)cn1)NCc1oc2ccccc2c1C. The maximum absolute atomic E-state index is 12.0. The minimum atomic E-state index is -0.104. The van der Waals surface area contributed by atoms with E-state index in [1.807, 2.05) is 44.2 Å². The van der Waals surface area contributed by atoms with Crippen molar-refractivity contribution in [3.63, 3.8) is 0 Å². The number of nitrogens with one attached hydrogen (secondary N) is 3. The zero-order valence-corrected chi connectivity index (χ0v) is 16.4. The molecule has 0 fully saturated rings. The third kappa shape index (κ3) is 4.88. The number of carbonyl (C=O) groups is 1. The van der Waals surface area contributed by atoms with Gasteiger partial charge in [-0.05, 0) is 31.5 Å². The minimum absolute atomic E-state index is 0.104. The number of anilines is 1. The van der Waals surface area contributed by atoms with Gasteiger partial charge in [-0.25, -0.2) is 4.98 Å². The highest BCUT2D eigenvalue weighted by Crippen LogP contribution is 2.24. The van der Waals surface area contributed by atoms with Crippen molar-refractivity contribution in [1.82, 2.24) is 15.6 Å². The number of aliphatic imine (C=N–C) groups is 1. The number of para-hydroxylation sites is 1. The van der Waals surface area contributed by atoms with Crippen molar-refractivity contribution >= 4 is 28.7 Å². The van der Waals surface area contributed by atoms with Gasteiger partial charge in [-0.15, -0.1) is 0 Å². The molecule has 2 aromatic heterocycles. The van der Waals surface area contributed by atoms with Gasteiger partial charge in [0.2, 0.25) is 5.91 Å². The number of pyridine rings is 1. The molecule has 3 rings (SSSR count). The van der Waals surface area contributed by atoms with Crippen molar-refractivity contribution in [2.45, 2.75) is 26.8 Å². The summed E-state index contributed by atoms with van der Waals surface area (Å²) in [6.45, 7) is 4.96. The van der Waals surface area contributed by atoms with Crippen molar-refractivity contribution in [2.75, 3.05) is 18.9 Å². The Bertz CT molecular complexity index is 976. The highest BCUT2D eigenvalue weighted by atomic mass is 16.3. The largest absolute Gasteiger partial charge is 0.459 e. The van der Waals surface area contributed by atoms with Crippen LogP contribution in [0.4, 0.5) is 5.82 Å². The average Bonchev–Trinajstić information content (AvgIpc) is 3.02. The van der Waals surface area contributed by atoms with Gasteiger partial charge in [0.25, 0.3) is 0 Å². The molecule has 28 heavy (non-hydrogen) atoms. The van der Waals surface area contributed by atoms with Gasteiger partial charge in [0.15, 0.2) is 5.96 Å². The molecule has 3 aromatic rings. The lowest BCUT2D eigenvalue weighted by Crippen LogP contribution is -2.38. The summed E-state index contributed by atoms with van der Waals surface area (Å²) in [7, 11) is 1.69. The van der Waals surface area contributed by atoms with Gasteiger partial charge in [0, 0.05) is 37.2 Å². The van der Waals surface area contributed by atoms with Gasteiger partial charge < -0.3 is 20.4 Å².